The largest absolute Gasteiger partial charge is 0.486 e. The van der Waals surface area contributed by atoms with Crippen molar-refractivity contribution in [3.8, 4) is 5.75 Å². The van der Waals surface area contributed by atoms with Gasteiger partial charge in [-0.1, -0.05) is 48.2 Å². The summed E-state index contributed by atoms with van der Waals surface area (Å²) in [5.74, 6) is 1.97. The molecule has 1 amide bonds. The van der Waals surface area contributed by atoms with Gasteiger partial charge in [0.05, 0.1) is 11.3 Å². The van der Waals surface area contributed by atoms with Crippen LogP contribution in [0.2, 0.25) is 0 Å². The van der Waals surface area contributed by atoms with Crippen LogP contribution in [-0.2, 0) is 11.4 Å². The third-order valence-electron chi connectivity index (χ3n) is 5.54. The van der Waals surface area contributed by atoms with Gasteiger partial charge < -0.3 is 9.64 Å². The number of rotatable bonds is 6. The van der Waals surface area contributed by atoms with Crippen molar-refractivity contribution in [1.82, 2.24) is 14.9 Å². The number of benzene rings is 2. The van der Waals surface area contributed by atoms with Gasteiger partial charge in [0.15, 0.2) is 5.82 Å². The fourth-order valence-corrected chi connectivity index (χ4v) is 4.96. The molecule has 0 N–H and O–H groups in total. The lowest BCUT2D eigenvalue weighted by Crippen LogP contribution is -2.48. The molecule has 6 heteroatoms. The summed E-state index contributed by atoms with van der Waals surface area (Å²) >= 11 is 1.49. The highest BCUT2D eigenvalue weighted by molar-refractivity contribution is 8.00. The molecule has 3 aromatic rings. The monoisotopic (exact) mass is 421 g/mol. The molecule has 30 heavy (non-hydrogen) atoms. The number of thioether (sulfide) groups is 1. The Bertz CT molecular complexity index is 1000. The Morgan fingerprint density at radius 2 is 1.73 bits per heavy atom. The van der Waals surface area contributed by atoms with Crippen LogP contribution >= 0.6 is 11.8 Å². The molecule has 1 aliphatic rings. The number of carbonyl (C=O) groups is 1. The number of likely N-dealkylation sites (tertiary alicyclic amines) is 1. The van der Waals surface area contributed by atoms with Crippen LogP contribution in [0.15, 0.2) is 59.6 Å². The Kier molecular flexibility index (Phi) is 6.53. The number of aromatic nitrogens is 2. The second-order valence-corrected chi connectivity index (χ2v) is 8.75. The van der Waals surface area contributed by atoms with E-state index in [-0.39, 0.29) is 12.5 Å². The molecular formula is C24H27N3O2S. The standard InChI is InChI=1S/C24H27N3O2S/c1-17-9-8-10-18(2)27(17)23(28)16-30-24-20-13-6-7-14-21(20)25-22(26-24)15-29-19-11-4-3-5-12-19/h3-7,11-14,17-18H,8-10,15-16H2,1-2H3/t17-,18-/m0/s1. The first kappa shape index (κ1) is 20.7. The summed E-state index contributed by atoms with van der Waals surface area (Å²) in [6.45, 7) is 4.59. The Morgan fingerprint density at radius 1 is 1.03 bits per heavy atom. The second-order valence-electron chi connectivity index (χ2n) is 7.78. The van der Waals surface area contributed by atoms with Gasteiger partial charge in [-0.25, -0.2) is 9.97 Å². The van der Waals surface area contributed by atoms with Gasteiger partial charge in [-0.2, -0.15) is 0 Å². The quantitative estimate of drug-likeness (QED) is 0.410. The molecule has 1 fully saturated rings. The molecular weight excluding hydrogens is 394 g/mol. The fraction of sp³-hybridized carbons (Fsp3) is 0.375. The zero-order valence-electron chi connectivity index (χ0n) is 17.5. The SMILES string of the molecule is C[C@H]1CCC[C@H](C)N1C(=O)CSc1nc(COc2ccccc2)nc2ccccc12. The number of nitrogens with zero attached hydrogens (tertiary/aromatic N) is 3. The molecule has 2 heterocycles. The zero-order valence-corrected chi connectivity index (χ0v) is 18.3. The Hall–Kier alpha value is -2.60. The van der Waals surface area contributed by atoms with Crippen molar-refractivity contribution in [3.63, 3.8) is 0 Å². The van der Waals surface area contributed by atoms with Gasteiger partial charge >= 0.3 is 0 Å². The smallest absolute Gasteiger partial charge is 0.233 e. The van der Waals surface area contributed by atoms with Crippen molar-refractivity contribution in [1.29, 1.82) is 0 Å². The van der Waals surface area contributed by atoms with Crippen molar-refractivity contribution < 1.29 is 9.53 Å². The Morgan fingerprint density at radius 3 is 2.50 bits per heavy atom. The minimum atomic E-state index is 0.185. The number of hydrogen-bond acceptors (Lipinski definition) is 5. The maximum atomic E-state index is 13.0. The molecule has 2 atom stereocenters. The maximum Gasteiger partial charge on any atom is 0.233 e. The van der Waals surface area contributed by atoms with E-state index in [4.69, 9.17) is 9.72 Å². The molecule has 0 unspecified atom stereocenters. The predicted molar refractivity (Wildman–Crippen MR) is 121 cm³/mol. The average molecular weight is 422 g/mol. The number of fused-ring (bicyclic) bond motifs is 1. The van der Waals surface area contributed by atoms with Crippen LogP contribution in [0, 0.1) is 0 Å². The number of piperidine rings is 1. The van der Waals surface area contributed by atoms with E-state index in [1.54, 1.807) is 0 Å². The van der Waals surface area contributed by atoms with E-state index in [0.717, 1.165) is 34.5 Å². The molecule has 156 valence electrons. The van der Waals surface area contributed by atoms with E-state index in [2.05, 4.69) is 23.7 Å². The van der Waals surface area contributed by atoms with E-state index < -0.39 is 0 Å². The highest BCUT2D eigenvalue weighted by Gasteiger charge is 2.28. The fourth-order valence-electron chi connectivity index (χ4n) is 4.05. The molecule has 0 spiro atoms. The van der Waals surface area contributed by atoms with Gasteiger partial charge in [0.2, 0.25) is 5.91 Å². The van der Waals surface area contributed by atoms with Crippen LogP contribution in [0.3, 0.4) is 0 Å². The van der Waals surface area contributed by atoms with E-state index in [0.29, 0.717) is 23.7 Å². The van der Waals surface area contributed by atoms with Crippen LogP contribution in [-0.4, -0.2) is 38.6 Å². The summed E-state index contributed by atoms with van der Waals surface area (Å²) in [6, 6.07) is 18.2. The molecule has 0 radical (unpaired) electrons. The normalized spacial score (nSPS) is 19.1. The van der Waals surface area contributed by atoms with E-state index in [9.17, 15) is 4.79 Å². The van der Waals surface area contributed by atoms with Gasteiger partial charge in [0.1, 0.15) is 17.4 Å². The summed E-state index contributed by atoms with van der Waals surface area (Å²) in [5, 5.41) is 1.80. The molecule has 1 aromatic heterocycles. The summed E-state index contributed by atoms with van der Waals surface area (Å²) in [5.41, 5.74) is 0.869. The predicted octanol–water partition coefficient (Wildman–Crippen LogP) is 5.09. The molecule has 0 bridgehead atoms. The summed E-state index contributed by atoms with van der Waals surface area (Å²) in [7, 11) is 0. The van der Waals surface area contributed by atoms with Crippen molar-refractivity contribution in [2.45, 2.75) is 56.8 Å². The van der Waals surface area contributed by atoms with Crippen molar-refractivity contribution in [2.24, 2.45) is 0 Å². The van der Waals surface area contributed by atoms with Crippen molar-refractivity contribution in [3.05, 3.63) is 60.4 Å². The van der Waals surface area contributed by atoms with Crippen LogP contribution in [0.4, 0.5) is 0 Å². The number of carbonyl (C=O) groups excluding carboxylic acids is 1. The zero-order chi connectivity index (χ0) is 20.9. The third kappa shape index (κ3) is 4.75. The lowest BCUT2D eigenvalue weighted by molar-refractivity contribution is -0.134. The molecule has 0 saturated carbocycles. The Labute approximate surface area is 181 Å². The number of para-hydroxylation sites is 2. The summed E-state index contributed by atoms with van der Waals surface area (Å²) in [6.07, 6.45) is 3.36. The van der Waals surface area contributed by atoms with Crippen molar-refractivity contribution in [2.75, 3.05) is 5.75 Å². The summed E-state index contributed by atoms with van der Waals surface area (Å²) < 4.78 is 5.84. The van der Waals surface area contributed by atoms with Gasteiger partial charge in [-0.15, -0.1) is 0 Å². The average Bonchev–Trinajstić information content (AvgIpc) is 2.76. The van der Waals surface area contributed by atoms with Gasteiger partial charge in [0, 0.05) is 17.5 Å². The number of hydrogen-bond donors (Lipinski definition) is 0. The molecule has 0 aliphatic carbocycles. The van der Waals surface area contributed by atoms with E-state index in [1.165, 1.54) is 18.2 Å². The van der Waals surface area contributed by atoms with Gasteiger partial charge in [-0.3, -0.25) is 4.79 Å². The minimum absolute atomic E-state index is 0.185. The molecule has 1 aliphatic heterocycles. The first-order valence-electron chi connectivity index (χ1n) is 10.5. The van der Waals surface area contributed by atoms with Gasteiger partial charge in [0.25, 0.3) is 0 Å². The third-order valence-corrected chi connectivity index (χ3v) is 6.52. The van der Waals surface area contributed by atoms with Crippen molar-refractivity contribution >= 4 is 28.6 Å². The molecule has 4 rings (SSSR count). The van der Waals surface area contributed by atoms with Gasteiger partial charge in [-0.05, 0) is 51.3 Å². The highest BCUT2D eigenvalue weighted by atomic mass is 32.2. The first-order chi connectivity index (χ1) is 14.6. The molecule has 5 nitrogen and oxygen atoms in total. The minimum Gasteiger partial charge on any atom is -0.486 e. The van der Waals surface area contributed by atoms with Crippen LogP contribution < -0.4 is 4.74 Å². The topological polar surface area (TPSA) is 55.3 Å². The Balaban J connectivity index is 1.51. The number of ether oxygens (including phenoxy) is 1. The van der Waals surface area contributed by atoms with Crippen LogP contribution in [0.1, 0.15) is 38.9 Å². The second kappa shape index (κ2) is 9.47. The summed E-state index contributed by atoms with van der Waals surface area (Å²) in [4.78, 5) is 24.4. The van der Waals surface area contributed by atoms with Crippen LogP contribution in [0.25, 0.3) is 10.9 Å². The van der Waals surface area contributed by atoms with E-state index in [1.807, 2.05) is 54.6 Å². The lowest BCUT2D eigenvalue weighted by Gasteiger charge is -2.39. The highest BCUT2D eigenvalue weighted by Crippen LogP contribution is 2.28. The first-order valence-corrected chi connectivity index (χ1v) is 11.5. The lowest BCUT2D eigenvalue weighted by atomic mass is 9.98. The maximum absolute atomic E-state index is 13.0. The number of amides is 1. The molecule has 2 aromatic carbocycles. The van der Waals surface area contributed by atoms with E-state index >= 15 is 0 Å². The van der Waals surface area contributed by atoms with Crippen LogP contribution in [0.5, 0.6) is 5.75 Å². The molecule has 1 saturated heterocycles.